The molecule has 0 aromatic heterocycles. The highest BCUT2D eigenvalue weighted by atomic mass is 32.1. The highest BCUT2D eigenvalue weighted by molar-refractivity contribution is 7.80. The Hall–Kier alpha value is -1.69. The van der Waals surface area contributed by atoms with Gasteiger partial charge in [0.1, 0.15) is 5.82 Å². The van der Waals surface area contributed by atoms with E-state index < -0.39 is 0 Å². The third kappa shape index (κ3) is 6.71. The summed E-state index contributed by atoms with van der Waals surface area (Å²) in [4.78, 5) is 11.4. The number of carbonyl (C=O) groups excluding carboxylic acids is 1. The van der Waals surface area contributed by atoms with Gasteiger partial charge in [0.15, 0.2) is 5.11 Å². The average molecular weight is 283 g/mol. The second-order valence-electron chi connectivity index (χ2n) is 4.58. The topological polar surface area (TPSA) is 53.2 Å². The highest BCUT2D eigenvalue weighted by Crippen LogP contribution is 2.01. The Morgan fingerprint density at radius 1 is 1.26 bits per heavy atom. The number of amides is 1. The van der Waals surface area contributed by atoms with Crippen molar-refractivity contribution < 1.29 is 9.18 Å². The van der Waals surface area contributed by atoms with Gasteiger partial charge in [-0.2, -0.15) is 0 Å². The number of thiocarbonyl (C=S) groups is 1. The van der Waals surface area contributed by atoms with Gasteiger partial charge >= 0.3 is 0 Å². The summed E-state index contributed by atoms with van der Waals surface area (Å²) in [5.74, 6) is -0.0890. The first kappa shape index (κ1) is 15.4. The van der Waals surface area contributed by atoms with Crippen LogP contribution in [0.15, 0.2) is 24.3 Å². The number of halogens is 1. The van der Waals surface area contributed by atoms with E-state index >= 15 is 0 Å². The number of carbonyl (C=O) groups is 1. The average Bonchev–Trinajstić information content (AvgIpc) is 2.35. The molecule has 0 saturated carbocycles. The highest BCUT2D eigenvalue weighted by Gasteiger charge is 2.04. The van der Waals surface area contributed by atoms with Crippen LogP contribution >= 0.6 is 12.2 Å². The zero-order valence-corrected chi connectivity index (χ0v) is 11.8. The van der Waals surface area contributed by atoms with Crippen LogP contribution in [0.25, 0.3) is 0 Å². The molecule has 0 aliphatic heterocycles. The monoisotopic (exact) mass is 283 g/mol. The number of hydrogen-bond donors (Lipinski definition) is 3. The summed E-state index contributed by atoms with van der Waals surface area (Å²) in [6.07, 6.45) is 0.438. The smallest absolute Gasteiger partial charge is 0.238 e. The van der Waals surface area contributed by atoms with Gasteiger partial charge in [-0.1, -0.05) is 26.0 Å². The molecular weight excluding hydrogens is 265 g/mol. The Morgan fingerprint density at radius 3 is 2.47 bits per heavy atom. The van der Waals surface area contributed by atoms with Crippen molar-refractivity contribution in [1.29, 1.82) is 0 Å². The molecule has 0 saturated heterocycles. The number of benzene rings is 1. The molecule has 0 unspecified atom stereocenters. The predicted molar refractivity (Wildman–Crippen MR) is 76.6 cm³/mol. The van der Waals surface area contributed by atoms with Crippen LogP contribution < -0.4 is 16.2 Å². The van der Waals surface area contributed by atoms with Crippen molar-refractivity contribution in [3.05, 3.63) is 35.6 Å². The van der Waals surface area contributed by atoms with Crippen LogP contribution in [0.4, 0.5) is 4.39 Å². The van der Waals surface area contributed by atoms with E-state index in [2.05, 4.69) is 16.2 Å². The largest absolute Gasteiger partial charge is 0.357 e. The maximum absolute atomic E-state index is 12.7. The molecule has 19 heavy (non-hydrogen) atoms. The van der Waals surface area contributed by atoms with E-state index in [4.69, 9.17) is 12.2 Å². The molecule has 1 aromatic carbocycles. The molecule has 1 rings (SSSR count). The second-order valence-corrected chi connectivity index (χ2v) is 4.99. The summed E-state index contributed by atoms with van der Waals surface area (Å²) in [5.41, 5.74) is 6.02. The first-order valence-corrected chi connectivity index (χ1v) is 6.45. The number of hydrazine groups is 1. The van der Waals surface area contributed by atoms with Crippen molar-refractivity contribution >= 4 is 23.2 Å². The molecule has 0 bridgehead atoms. The van der Waals surface area contributed by atoms with Crippen LogP contribution in [0.3, 0.4) is 0 Å². The molecule has 104 valence electrons. The number of hydrogen-bond acceptors (Lipinski definition) is 2. The summed E-state index contributed by atoms with van der Waals surface area (Å²) in [7, 11) is 0. The van der Waals surface area contributed by atoms with Gasteiger partial charge in [-0.3, -0.25) is 15.6 Å². The maximum atomic E-state index is 12.7. The van der Waals surface area contributed by atoms with Crippen molar-refractivity contribution in [2.45, 2.75) is 26.8 Å². The number of rotatable bonds is 4. The second kappa shape index (κ2) is 7.68. The first-order valence-electron chi connectivity index (χ1n) is 6.04. The minimum absolute atomic E-state index is 0.110. The van der Waals surface area contributed by atoms with Crippen molar-refractivity contribution in [3.63, 3.8) is 0 Å². The molecule has 0 radical (unpaired) electrons. The third-order valence-electron chi connectivity index (χ3n) is 2.28. The van der Waals surface area contributed by atoms with E-state index in [0.717, 1.165) is 5.56 Å². The first-order chi connectivity index (χ1) is 8.97. The summed E-state index contributed by atoms with van der Waals surface area (Å²) in [6.45, 7) is 4.39. The van der Waals surface area contributed by atoms with Crippen LogP contribution in [0, 0.1) is 11.7 Å². The zero-order chi connectivity index (χ0) is 14.3. The Balaban J connectivity index is 2.24. The molecule has 0 heterocycles. The Labute approximate surface area is 117 Å². The van der Waals surface area contributed by atoms with E-state index in [0.29, 0.717) is 24.0 Å². The lowest BCUT2D eigenvalue weighted by Crippen LogP contribution is -2.46. The molecule has 0 aliphatic carbocycles. The summed E-state index contributed by atoms with van der Waals surface area (Å²) in [6, 6.07) is 6.11. The number of nitrogens with one attached hydrogen (secondary N) is 3. The van der Waals surface area contributed by atoms with Crippen LogP contribution in [-0.2, 0) is 11.3 Å². The van der Waals surface area contributed by atoms with Gasteiger partial charge < -0.3 is 5.32 Å². The minimum Gasteiger partial charge on any atom is -0.357 e. The quantitative estimate of drug-likeness (QED) is 0.583. The van der Waals surface area contributed by atoms with Crippen molar-refractivity contribution in [2.24, 2.45) is 5.92 Å². The minimum atomic E-state index is -0.273. The van der Waals surface area contributed by atoms with Gasteiger partial charge in [0, 0.05) is 13.0 Å². The van der Waals surface area contributed by atoms with Gasteiger partial charge in [0.05, 0.1) is 0 Å². The SMILES string of the molecule is CC(C)CC(=O)NNC(=S)NCc1ccc(F)cc1. The third-order valence-corrected chi connectivity index (χ3v) is 2.52. The van der Waals surface area contributed by atoms with Crippen molar-refractivity contribution in [2.75, 3.05) is 0 Å². The lowest BCUT2D eigenvalue weighted by molar-refractivity contribution is -0.122. The summed E-state index contributed by atoms with van der Waals surface area (Å²) in [5, 5.41) is 3.23. The molecule has 3 N–H and O–H groups in total. The van der Waals surface area contributed by atoms with Crippen LogP contribution in [0.2, 0.25) is 0 Å². The molecule has 4 nitrogen and oxygen atoms in total. The van der Waals surface area contributed by atoms with Gasteiger partial charge in [0.2, 0.25) is 5.91 Å². The van der Waals surface area contributed by atoms with Crippen LogP contribution in [0.1, 0.15) is 25.8 Å². The normalized spacial score (nSPS) is 10.1. The van der Waals surface area contributed by atoms with Gasteiger partial charge in [-0.25, -0.2) is 4.39 Å². The molecule has 0 fully saturated rings. The van der Waals surface area contributed by atoms with Crippen molar-refractivity contribution in [1.82, 2.24) is 16.2 Å². The van der Waals surface area contributed by atoms with Crippen LogP contribution in [-0.4, -0.2) is 11.0 Å². The molecule has 0 aliphatic rings. The Morgan fingerprint density at radius 2 is 1.89 bits per heavy atom. The molecule has 0 spiro atoms. The Bertz CT molecular complexity index is 434. The van der Waals surface area contributed by atoms with Gasteiger partial charge in [-0.05, 0) is 35.8 Å². The van der Waals surface area contributed by atoms with E-state index in [1.54, 1.807) is 12.1 Å². The Kier molecular flexibility index (Phi) is 6.21. The zero-order valence-electron chi connectivity index (χ0n) is 11.0. The lowest BCUT2D eigenvalue weighted by Gasteiger charge is -2.12. The van der Waals surface area contributed by atoms with Crippen molar-refractivity contribution in [3.8, 4) is 0 Å². The molecular formula is C13H18FN3OS. The lowest BCUT2D eigenvalue weighted by atomic mass is 10.1. The molecule has 1 amide bonds. The molecule has 6 heteroatoms. The molecule has 1 aromatic rings. The van der Waals surface area contributed by atoms with Gasteiger partial charge in [-0.15, -0.1) is 0 Å². The summed E-state index contributed by atoms with van der Waals surface area (Å²) < 4.78 is 12.7. The van der Waals surface area contributed by atoms with E-state index in [1.807, 2.05) is 13.8 Å². The predicted octanol–water partition coefficient (Wildman–Crippen LogP) is 1.87. The van der Waals surface area contributed by atoms with E-state index in [-0.39, 0.29) is 11.7 Å². The van der Waals surface area contributed by atoms with Crippen LogP contribution in [0.5, 0.6) is 0 Å². The standard InChI is InChI=1S/C13H18FN3OS/c1-9(2)7-12(18)16-17-13(19)15-8-10-3-5-11(14)6-4-10/h3-6,9H,7-8H2,1-2H3,(H,16,18)(H2,15,17,19). The fourth-order valence-corrected chi connectivity index (χ4v) is 1.50. The van der Waals surface area contributed by atoms with E-state index in [9.17, 15) is 9.18 Å². The fourth-order valence-electron chi connectivity index (χ4n) is 1.38. The van der Waals surface area contributed by atoms with E-state index in [1.165, 1.54) is 12.1 Å². The van der Waals surface area contributed by atoms with Gasteiger partial charge in [0.25, 0.3) is 0 Å². The maximum Gasteiger partial charge on any atom is 0.238 e. The fraction of sp³-hybridized carbons (Fsp3) is 0.385. The molecule has 0 atom stereocenters. The summed E-state index contributed by atoms with van der Waals surface area (Å²) >= 11 is 5.00.